The first kappa shape index (κ1) is 17.2. The van der Waals surface area contributed by atoms with Gasteiger partial charge in [-0.1, -0.05) is 6.07 Å². The summed E-state index contributed by atoms with van der Waals surface area (Å²) in [6.07, 6.45) is -2.19. The molecule has 4 rings (SSSR count). The molecule has 27 heavy (non-hydrogen) atoms. The van der Waals surface area contributed by atoms with Crippen molar-refractivity contribution in [3.8, 4) is 11.4 Å². The van der Waals surface area contributed by atoms with Crippen LogP contribution in [0.5, 0.6) is 0 Å². The van der Waals surface area contributed by atoms with Gasteiger partial charge in [-0.15, -0.1) is 5.10 Å². The molecule has 0 spiro atoms. The lowest BCUT2D eigenvalue weighted by Gasteiger charge is -2.15. The number of hydrogen-bond acceptors (Lipinski definition) is 6. The zero-order valence-electron chi connectivity index (χ0n) is 14.1. The number of nitrogens with two attached hydrogens (primary N) is 1. The molecule has 0 amide bonds. The second-order valence-corrected chi connectivity index (χ2v) is 6.06. The van der Waals surface area contributed by atoms with E-state index in [0.717, 1.165) is 6.20 Å². The van der Waals surface area contributed by atoms with Crippen molar-refractivity contribution >= 4 is 22.5 Å². The van der Waals surface area contributed by atoms with Crippen molar-refractivity contribution in [2.75, 3.05) is 11.9 Å². The molecule has 0 aromatic carbocycles. The van der Waals surface area contributed by atoms with Gasteiger partial charge in [-0.2, -0.15) is 18.3 Å². The van der Waals surface area contributed by atoms with Gasteiger partial charge < -0.3 is 11.1 Å². The number of fused-ring (bicyclic) bond motifs is 3. The fraction of sp³-hybridized carbons (Fsp3) is 0.250. The smallest absolute Gasteiger partial charge is 0.350 e. The standard InChI is InChI=1S/C16H15F3N8/c1-8(6-20)22-15-21-7-9(16(17,18)19)12(23-15)13-11-10-4-2-3-5-27(10)26-14(11)25-24-13/h2-5,7-8H,6,20H2,1H3,(H,25,26)(H,21,22,23). The van der Waals surface area contributed by atoms with E-state index in [2.05, 4.69) is 30.6 Å². The molecule has 4 N–H and O–H groups in total. The van der Waals surface area contributed by atoms with Crippen LogP contribution in [0.1, 0.15) is 12.5 Å². The highest BCUT2D eigenvalue weighted by atomic mass is 19.4. The molecule has 0 aliphatic heterocycles. The van der Waals surface area contributed by atoms with Gasteiger partial charge in [0.15, 0.2) is 5.65 Å². The Bertz CT molecular complexity index is 1110. The van der Waals surface area contributed by atoms with Crippen LogP contribution in [0, 0.1) is 0 Å². The van der Waals surface area contributed by atoms with Gasteiger partial charge >= 0.3 is 6.18 Å². The van der Waals surface area contributed by atoms with E-state index in [4.69, 9.17) is 5.73 Å². The zero-order chi connectivity index (χ0) is 19.2. The quantitative estimate of drug-likeness (QED) is 0.505. The molecule has 0 aliphatic carbocycles. The lowest BCUT2D eigenvalue weighted by molar-refractivity contribution is -0.137. The molecular weight excluding hydrogens is 361 g/mol. The molecule has 1 atom stereocenters. The number of aromatic amines is 1. The van der Waals surface area contributed by atoms with E-state index in [-0.39, 0.29) is 29.9 Å². The maximum atomic E-state index is 13.6. The molecule has 0 aliphatic rings. The number of rotatable bonds is 4. The van der Waals surface area contributed by atoms with E-state index < -0.39 is 11.7 Å². The normalized spacial score (nSPS) is 13.4. The summed E-state index contributed by atoms with van der Waals surface area (Å²) in [7, 11) is 0. The van der Waals surface area contributed by atoms with Gasteiger partial charge in [-0.3, -0.25) is 5.10 Å². The third-order valence-corrected chi connectivity index (χ3v) is 4.10. The predicted molar refractivity (Wildman–Crippen MR) is 93.0 cm³/mol. The van der Waals surface area contributed by atoms with Crippen LogP contribution in [0.25, 0.3) is 27.9 Å². The molecule has 0 bridgehead atoms. The van der Waals surface area contributed by atoms with Crippen LogP contribution >= 0.6 is 0 Å². The van der Waals surface area contributed by atoms with E-state index >= 15 is 0 Å². The molecule has 0 fully saturated rings. The molecule has 0 saturated heterocycles. The van der Waals surface area contributed by atoms with E-state index in [1.54, 1.807) is 35.8 Å². The van der Waals surface area contributed by atoms with E-state index in [1.807, 2.05) is 0 Å². The zero-order valence-corrected chi connectivity index (χ0v) is 14.1. The summed E-state index contributed by atoms with van der Waals surface area (Å²) in [6.45, 7) is 2.05. The molecule has 4 aromatic heterocycles. The fourth-order valence-electron chi connectivity index (χ4n) is 2.77. The number of hydrogen-bond donors (Lipinski definition) is 3. The number of nitrogens with zero attached hydrogens (tertiary/aromatic N) is 5. The first-order chi connectivity index (χ1) is 12.9. The van der Waals surface area contributed by atoms with Crippen molar-refractivity contribution in [3.63, 3.8) is 0 Å². The molecular formula is C16H15F3N8. The largest absolute Gasteiger partial charge is 0.420 e. The Morgan fingerprint density at radius 1 is 1.30 bits per heavy atom. The van der Waals surface area contributed by atoms with Crippen LogP contribution in [0.4, 0.5) is 19.1 Å². The van der Waals surface area contributed by atoms with Crippen molar-refractivity contribution in [2.45, 2.75) is 19.1 Å². The summed E-state index contributed by atoms with van der Waals surface area (Å²) in [5.74, 6) is 0.0450. The second-order valence-electron chi connectivity index (χ2n) is 6.06. The topological polar surface area (TPSA) is 110 Å². The highest BCUT2D eigenvalue weighted by molar-refractivity contribution is 6.02. The minimum Gasteiger partial charge on any atom is -0.350 e. The number of alkyl halides is 3. The Balaban J connectivity index is 1.96. The highest BCUT2D eigenvalue weighted by Gasteiger charge is 2.37. The lowest BCUT2D eigenvalue weighted by atomic mass is 10.1. The van der Waals surface area contributed by atoms with Crippen molar-refractivity contribution in [3.05, 3.63) is 36.2 Å². The van der Waals surface area contributed by atoms with Crippen molar-refractivity contribution in [1.29, 1.82) is 0 Å². The molecule has 4 aromatic rings. The Kier molecular flexibility index (Phi) is 3.95. The van der Waals surface area contributed by atoms with Gasteiger partial charge in [0.05, 0.1) is 10.9 Å². The van der Waals surface area contributed by atoms with Gasteiger partial charge in [0.25, 0.3) is 0 Å². The Hall–Kier alpha value is -3.21. The van der Waals surface area contributed by atoms with E-state index in [0.29, 0.717) is 16.6 Å². The maximum Gasteiger partial charge on any atom is 0.420 e. The summed E-state index contributed by atoms with van der Waals surface area (Å²) >= 11 is 0. The summed E-state index contributed by atoms with van der Waals surface area (Å²) in [5, 5.41) is 14.3. The van der Waals surface area contributed by atoms with Crippen LogP contribution in [0.15, 0.2) is 30.6 Å². The van der Waals surface area contributed by atoms with Gasteiger partial charge in [0, 0.05) is 25.0 Å². The SMILES string of the molecule is CC(CN)Nc1ncc(C(F)(F)F)c(-c2n[nH]c3nn4ccccc4c23)n1. The van der Waals surface area contributed by atoms with E-state index in [9.17, 15) is 13.2 Å². The Labute approximate surface area is 150 Å². The average molecular weight is 376 g/mol. The number of halogens is 3. The summed E-state index contributed by atoms with van der Waals surface area (Å²) < 4.78 is 42.3. The number of nitrogens with one attached hydrogen (secondary N) is 2. The average Bonchev–Trinajstić information content (AvgIpc) is 3.19. The van der Waals surface area contributed by atoms with Gasteiger partial charge in [0.2, 0.25) is 5.95 Å². The summed E-state index contributed by atoms with van der Waals surface area (Å²) in [4.78, 5) is 7.87. The van der Waals surface area contributed by atoms with Crippen molar-refractivity contribution < 1.29 is 13.2 Å². The Morgan fingerprint density at radius 3 is 2.85 bits per heavy atom. The third kappa shape index (κ3) is 2.95. The van der Waals surface area contributed by atoms with Crippen molar-refractivity contribution in [1.82, 2.24) is 29.8 Å². The number of anilines is 1. The first-order valence-corrected chi connectivity index (χ1v) is 8.11. The van der Waals surface area contributed by atoms with Crippen molar-refractivity contribution in [2.24, 2.45) is 5.73 Å². The maximum absolute atomic E-state index is 13.6. The van der Waals surface area contributed by atoms with Gasteiger partial charge in [-0.05, 0) is 19.1 Å². The van der Waals surface area contributed by atoms with Crippen LogP contribution in [-0.2, 0) is 6.18 Å². The molecule has 140 valence electrons. The van der Waals surface area contributed by atoms with Crippen LogP contribution in [0.3, 0.4) is 0 Å². The molecule has 8 nitrogen and oxygen atoms in total. The Morgan fingerprint density at radius 2 is 2.11 bits per heavy atom. The molecule has 0 saturated carbocycles. The monoisotopic (exact) mass is 376 g/mol. The second kappa shape index (κ2) is 6.20. The van der Waals surface area contributed by atoms with Gasteiger partial charge in [0.1, 0.15) is 17.0 Å². The van der Waals surface area contributed by atoms with Gasteiger partial charge in [-0.25, -0.2) is 14.5 Å². The first-order valence-electron chi connectivity index (χ1n) is 8.11. The third-order valence-electron chi connectivity index (χ3n) is 4.10. The molecule has 4 heterocycles. The minimum absolute atomic E-state index is 0.0450. The predicted octanol–water partition coefficient (Wildman–Crippen LogP) is 2.45. The van der Waals surface area contributed by atoms with Crippen LogP contribution < -0.4 is 11.1 Å². The van der Waals surface area contributed by atoms with Crippen LogP contribution in [0.2, 0.25) is 0 Å². The lowest BCUT2D eigenvalue weighted by Crippen LogP contribution is -2.26. The highest BCUT2D eigenvalue weighted by Crippen LogP contribution is 2.38. The fourth-order valence-corrected chi connectivity index (χ4v) is 2.77. The number of H-pyrrole nitrogens is 1. The summed E-state index contributed by atoms with van der Waals surface area (Å²) in [6, 6.07) is 5.09. The van der Waals surface area contributed by atoms with Crippen LogP contribution in [-0.4, -0.2) is 42.4 Å². The number of pyridine rings is 1. The number of aromatic nitrogens is 6. The minimum atomic E-state index is -4.64. The molecule has 0 radical (unpaired) electrons. The summed E-state index contributed by atoms with van der Waals surface area (Å²) in [5.41, 5.74) is 5.29. The molecule has 1 unspecified atom stereocenters. The van der Waals surface area contributed by atoms with E-state index in [1.165, 1.54) is 0 Å². The molecule has 11 heteroatoms.